The SMILES string of the molecule is Cc1cc([C@@H]2CCCN2C(=O)NCc2ccc(F)cc2)no1. The minimum Gasteiger partial charge on any atom is -0.361 e. The molecule has 0 saturated carbocycles. The van der Waals surface area contributed by atoms with E-state index in [0.717, 1.165) is 29.9 Å². The summed E-state index contributed by atoms with van der Waals surface area (Å²) in [4.78, 5) is 14.1. The summed E-state index contributed by atoms with van der Waals surface area (Å²) < 4.78 is 18.0. The number of urea groups is 1. The van der Waals surface area contributed by atoms with Crippen LogP contribution in [0.15, 0.2) is 34.9 Å². The van der Waals surface area contributed by atoms with Gasteiger partial charge in [0, 0.05) is 19.2 Å². The average Bonchev–Trinajstić information content (AvgIpc) is 3.14. The van der Waals surface area contributed by atoms with Crippen molar-refractivity contribution in [1.29, 1.82) is 0 Å². The Morgan fingerprint density at radius 3 is 2.91 bits per heavy atom. The fraction of sp³-hybridized carbons (Fsp3) is 0.375. The smallest absolute Gasteiger partial charge is 0.318 e. The third kappa shape index (κ3) is 3.10. The maximum Gasteiger partial charge on any atom is 0.318 e. The zero-order chi connectivity index (χ0) is 15.5. The number of aromatic nitrogens is 1. The molecule has 1 fully saturated rings. The highest BCUT2D eigenvalue weighted by Gasteiger charge is 2.31. The van der Waals surface area contributed by atoms with E-state index in [1.54, 1.807) is 17.0 Å². The van der Waals surface area contributed by atoms with Crippen molar-refractivity contribution in [1.82, 2.24) is 15.4 Å². The van der Waals surface area contributed by atoms with Gasteiger partial charge >= 0.3 is 6.03 Å². The number of benzene rings is 1. The molecule has 22 heavy (non-hydrogen) atoms. The van der Waals surface area contributed by atoms with E-state index in [0.29, 0.717) is 13.1 Å². The number of amides is 2. The first-order valence-electron chi connectivity index (χ1n) is 7.35. The minimum absolute atomic E-state index is 0.0364. The molecule has 5 nitrogen and oxygen atoms in total. The van der Waals surface area contributed by atoms with Gasteiger partial charge in [-0.05, 0) is 37.5 Å². The van der Waals surface area contributed by atoms with E-state index in [-0.39, 0.29) is 17.9 Å². The normalized spacial score (nSPS) is 17.7. The van der Waals surface area contributed by atoms with Gasteiger partial charge in [-0.1, -0.05) is 17.3 Å². The Morgan fingerprint density at radius 1 is 1.45 bits per heavy atom. The van der Waals surface area contributed by atoms with Crippen LogP contribution in [0, 0.1) is 12.7 Å². The van der Waals surface area contributed by atoms with Gasteiger partial charge in [0.1, 0.15) is 17.3 Å². The van der Waals surface area contributed by atoms with Crippen molar-refractivity contribution in [2.24, 2.45) is 0 Å². The van der Waals surface area contributed by atoms with Gasteiger partial charge in [-0.3, -0.25) is 0 Å². The molecule has 1 aromatic heterocycles. The highest BCUT2D eigenvalue weighted by atomic mass is 19.1. The second-order valence-corrected chi connectivity index (χ2v) is 5.50. The second kappa shape index (κ2) is 6.17. The van der Waals surface area contributed by atoms with E-state index >= 15 is 0 Å². The van der Waals surface area contributed by atoms with Gasteiger partial charge in [0.25, 0.3) is 0 Å². The van der Waals surface area contributed by atoms with Crippen molar-refractivity contribution < 1.29 is 13.7 Å². The Bertz CT molecular complexity index is 654. The first-order chi connectivity index (χ1) is 10.6. The molecule has 0 unspecified atom stereocenters. The molecule has 1 saturated heterocycles. The summed E-state index contributed by atoms with van der Waals surface area (Å²) in [6.45, 7) is 2.91. The molecule has 3 rings (SSSR count). The molecule has 1 aliphatic heterocycles. The maximum atomic E-state index is 12.9. The average molecular weight is 303 g/mol. The number of nitrogens with zero attached hydrogens (tertiary/aromatic N) is 2. The summed E-state index contributed by atoms with van der Waals surface area (Å²) >= 11 is 0. The number of rotatable bonds is 3. The van der Waals surface area contributed by atoms with E-state index in [1.165, 1.54) is 12.1 Å². The fourth-order valence-corrected chi connectivity index (χ4v) is 2.74. The third-order valence-electron chi connectivity index (χ3n) is 3.86. The topological polar surface area (TPSA) is 58.4 Å². The molecule has 0 bridgehead atoms. The molecule has 0 radical (unpaired) electrons. The van der Waals surface area contributed by atoms with Crippen LogP contribution in [0.2, 0.25) is 0 Å². The highest BCUT2D eigenvalue weighted by molar-refractivity contribution is 5.75. The molecule has 1 atom stereocenters. The molecule has 116 valence electrons. The van der Waals surface area contributed by atoms with E-state index in [2.05, 4.69) is 10.5 Å². The van der Waals surface area contributed by atoms with E-state index in [1.807, 2.05) is 13.0 Å². The van der Waals surface area contributed by atoms with Gasteiger partial charge in [0.2, 0.25) is 0 Å². The van der Waals surface area contributed by atoms with E-state index in [9.17, 15) is 9.18 Å². The van der Waals surface area contributed by atoms with Gasteiger partial charge in [0.05, 0.1) is 6.04 Å². The number of carbonyl (C=O) groups excluding carboxylic acids is 1. The van der Waals surface area contributed by atoms with Gasteiger partial charge in [-0.15, -0.1) is 0 Å². The largest absolute Gasteiger partial charge is 0.361 e. The van der Waals surface area contributed by atoms with Crippen LogP contribution in [0.4, 0.5) is 9.18 Å². The lowest BCUT2D eigenvalue weighted by molar-refractivity contribution is 0.190. The van der Waals surface area contributed by atoms with Crippen LogP contribution in [-0.4, -0.2) is 22.6 Å². The molecule has 1 aliphatic rings. The molecule has 2 amide bonds. The summed E-state index contributed by atoms with van der Waals surface area (Å²) in [5.74, 6) is 0.463. The van der Waals surface area contributed by atoms with Crippen LogP contribution in [0.1, 0.15) is 35.9 Å². The number of aryl methyl sites for hydroxylation is 1. The molecule has 2 aromatic rings. The van der Waals surface area contributed by atoms with Gasteiger partial charge in [0.15, 0.2) is 0 Å². The van der Waals surface area contributed by atoms with Crippen LogP contribution in [-0.2, 0) is 6.54 Å². The van der Waals surface area contributed by atoms with E-state index < -0.39 is 0 Å². The van der Waals surface area contributed by atoms with Crippen molar-refractivity contribution in [3.8, 4) is 0 Å². The number of carbonyl (C=O) groups is 1. The first kappa shape index (κ1) is 14.6. The summed E-state index contributed by atoms with van der Waals surface area (Å²) in [5.41, 5.74) is 1.66. The predicted octanol–water partition coefficient (Wildman–Crippen LogP) is 3.17. The maximum absolute atomic E-state index is 12.9. The fourth-order valence-electron chi connectivity index (χ4n) is 2.74. The Hall–Kier alpha value is -2.37. The Balaban J connectivity index is 1.62. The molecule has 2 heterocycles. The van der Waals surface area contributed by atoms with Gasteiger partial charge in [-0.25, -0.2) is 9.18 Å². The number of nitrogens with one attached hydrogen (secondary N) is 1. The summed E-state index contributed by atoms with van der Waals surface area (Å²) in [6, 6.07) is 7.81. The number of halogens is 1. The Morgan fingerprint density at radius 2 is 2.23 bits per heavy atom. The Kier molecular flexibility index (Phi) is 4.09. The van der Waals surface area contributed by atoms with Crippen molar-refractivity contribution in [2.45, 2.75) is 32.4 Å². The second-order valence-electron chi connectivity index (χ2n) is 5.50. The van der Waals surface area contributed by atoms with Crippen molar-refractivity contribution in [3.05, 3.63) is 53.2 Å². The quantitative estimate of drug-likeness (QED) is 0.947. The third-order valence-corrected chi connectivity index (χ3v) is 3.86. The lowest BCUT2D eigenvalue weighted by Gasteiger charge is -2.23. The number of likely N-dealkylation sites (tertiary alicyclic amines) is 1. The van der Waals surface area contributed by atoms with Gasteiger partial charge in [-0.2, -0.15) is 0 Å². The van der Waals surface area contributed by atoms with Crippen molar-refractivity contribution in [2.75, 3.05) is 6.54 Å². The zero-order valence-corrected chi connectivity index (χ0v) is 12.4. The summed E-state index contributed by atoms with van der Waals surface area (Å²) in [7, 11) is 0. The molecular formula is C16H18FN3O2. The summed E-state index contributed by atoms with van der Waals surface area (Å²) in [5, 5.41) is 6.89. The van der Waals surface area contributed by atoms with Gasteiger partial charge < -0.3 is 14.7 Å². The molecule has 6 heteroatoms. The first-order valence-corrected chi connectivity index (χ1v) is 7.35. The van der Waals surface area contributed by atoms with Crippen LogP contribution < -0.4 is 5.32 Å². The number of hydrogen-bond acceptors (Lipinski definition) is 3. The predicted molar refractivity (Wildman–Crippen MR) is 78.6 cm³/mol. The zero-order valence-electron chi connectivity index (χ0n) is 12.4. The van der Waals surface area contributed by atoms with Crippen molar-refractivity contribution >= 4 is 6.03 Å². The minimum atomic E-state index is -0.281. The molecule has 1 aromatic carbocycles. The van der Waals surface area contributed by atoms with Crippen molar-refractivity contribution in [3.63, 3.8) is 0 Å². The Labute approximate surface area is 128 Å². The van der Waals surface area contributed by atoms with Crippen LogP contribution in [0.3, 0.4) is 0 Å². The molecule has 1 N–H and O–H groups in total. The standard InChI is InChI=1S/C16H18FN3O2/c1-11-9-14(19-22-11)15-3-2-8-20(15)16(21)18-10-12-4-6-13(17)7-5-12/h4-7,9,15H,2-3,8,10H2,1H3,(H,18,21)/t15-/m0/s1. The molecule has 0 spiro atoms. The molecule has 0 aliphatic carbocycles. The number of hydrogen-bond donors (Lipinski definition) is 1. The lowest BCUT2D eigenvalue weighted by atomic mass is 10.1. The molecular weight excluding hydrogens is 285 g/mol. The van der Waals surface area contributed by atoms with Crippen LogP contribution in [0.25, 0.3) is 0 Å². The van der Waals surface area contributed by atoms with Crippen LogP contribution >= 0.6 is 0 Å². The monoisotopic (exact) mass is 303 g/mol. The lowest BCUT2D eigenvalue weighted by Crippen LogP contribution is -2.39. The van der Waals surface area contributed by atoms with Crippen LogP contribution in [0.5, 0.6) is 0 Å². The van der Waals surface area contributed by atoms with E-state index in [4.69, 9.17) is 4.52 Å². The summed E-state index contributed by atoms with van der Waals surface area (Å²) in [6.07, 6.45) is 1.83. The highest BCUT2D eigenvalue weighted by Crippen LogP contribution is 2.31.